The topological polar surface area (TPSA) is 20.3 Å². The van der Waals surface area contributed by atoms with Crippen LogP contribution in [0.1, 0.15) is 36.2 Å². The molecule has 1 atom stereocenters. The second-order valence-corrected chi connectivity index (χ2v) is 6.42. The number of benzene rings is 1. The summed E-state index contributed by atoms with van der Waals surface area (Å²) >= 11 is 3.44. The number of nitrogens with zero attached hydrogens (tertiary/aromatic N) is 1. The van der Waals surface area contributed by atoms with Crippen molar-refractivity contribution in [3.63, 3.8) is 0 Å². The van der Waals surface area contributed by atoms with Gasteiger partial charge in [-0.1, -0.05) is 35.8 Å². The molecule has 3 heteroatoms. The summed E-state index contributed by atoms with van der Waals surface area (Å²) in [6, 6.07) is 5.90. The number of carbonyl (C=O) groups is 1. The van der Waals surface area contributed by atoms with Gasteiger partial charge in [-0.15, -0.1) is 0 Å². The molecule has 1 fully saturated rings. The van der Waals surface area contributed by atoms with Crippen molar-refractivity contribution in [3.8, 4) is 0 Å². The Morgan fingerprint density at radius 2 is 2.17 bits per heavy atom. The lowest BCUT2D eigenvalue weighted by Gasteiger charge is -2.19. The van der Waals surface area contributed by atoms with E-state index >= 15 is 0 Å². The zero-order chi connectivity index (χ0) is 13.3. The van der Waals surface area contributed by atoms with Gasteiger partial charge in [0.05, 0.1) is 0 Å². The summed E-state index contributed by atoms with van der Waals surface area (Å²) in [4.78, 5) is 14.5. The summed E-state index contributed by atoms with van der Waals surface area (Å²) in [6.45, 7) is 8.28. The van der Waals surface area contributed by atoms with Crippen molar-refractivity contribution in [2.24, 2.45) is 11.8 Å². The summed E-state index contributed by atoms with van der Waals surface area (Å²) in [6.07, 6.45) is 1.14. The van der Waals surface area contributed by atoms with E-state index in [1.54, 1.807) is 0 Å². The number of hydrogen-bond donors (Lipinski definition) is 0. The van der Waals surface area contributed by atoms with Gasteiger partial charge in [-0.3, -0.25) is 4.79 Å². The van der Waals surface area contributed by atoms with Crippen molar-refractivity contribution in [3.05, 3.63) is 33.8 Å². The van der Waals surface area contributed by atoms with E-state index in [0.29, 0.717) is 11.8 Å². The maximum absolute atomic E-state index is 12.5. The number of aryl methyl sites for hydroxylation is 1. The van der Waals surface area contributed by atoms with Crippen LogP contribution in [-0.2, 0) is 0 Å². The third kappa shape index (κ3) is 2.77. The Kier molecular flexibility index (Phi) is 4.10. The maximum atomic E-state index is 12.5. The minimum Gasteiger partial charge on any atom is -0.338 e. The lowest BCUT2D eigenvalue weighted by molar-refractivity contribution is 0.0783. The van der Waals surface area contributed by atoms with E-state index in [2.05, 4.69) is 29.8 Å². The minimum absolute atomic E-state index is 0.178. The molecule has 2 nitrogen and oxygen atoms in total. The maximum Gasteiger partial charge on any atom is 0.254 e. The molecule has 1 aromatic rings. The first kappa shape index (κ1) is 13.6. The van der Waals surface area contributed by atoms with Gasteiger partial charge in [0.15, 0.2) is 0 Å². The molecule has 1 saturated heterocycles. The number of hydrogen-bond acceptors (Lipinski definition) is 1. The highest BCUT2D eigenvalue weighted by Crippen LogP contribution is 2.26. The van der Waals surface area contributed by atoms with Crippen molar-refractivity contribution in [1.29, 1.82) is 0 Å². The molecule has 1 aromatic carbocycles. The fourth-order valence-corrected chi connectivity index (χ4v) is 2.87. The van der Waals surface area contributed by atoms with Crippen molar-refractivity contribution in [2.75, 3.05) is 13.1 Å². The van der Waals surface area contributed by atoms with Crippen LogP contribution in [0, 0.1) is 18.8 Å². The van der Waals surface area contributed by atoms with Crippen LogP contribution in [0.3, 0.4) is 0 Å². The smallest absolute Gasteiger partial charge is 0.254 e. The van der Waals surface area contributed by atoms with Crippen LogP contribution in [0.15, 0.2) is 22.7 Å². The molecule has 0 saturated carbocycles. The molecule has 0 aliphatic carbocycles. The van der Waals surface area contributed by atoms with Gasteiger partial charge in [0.2, 0.25) is 0 Å². The molecule has 0 aromatic heterocycles. The molecule has 0 N–H and O–H groups in total. The average Bonchev–Trinajstić information content (AvgIpc) is 2.81. The summed E-state index contributed by atoms with van der Waals surface area (Å²) < 4.78 is 0.969. The van der Waals surface area contributed by atoms with Crippen LogP contribution < -0.4 is 0 Å². The highest BCUT2D eigenvalue weighted by Gasteiger charge is 2.29. The predicted molar refractivity (Wildman–Crippen MR) is 77.7 cm³/mol. The van der Waals surface area contributed by atoms with Gasteiger partial charge in [0.1, 0.15) is 0 Å². The van der Waals surface area contributed by atoms with Crippen LogP contribution in [0.2, 0.25) is 0 Å². The minimum atomic E-state index is 0.178. The van der Waals surface area contributed by atoms with Gasteiger partial charge >= 0.3 is 0 Å². The normalized spacial score (nSPS) is 19.6. The van der Waals surface area contributed by atoms with Crippen molar-refractivity contribution in [2.45, 2.75) is 27.2 Å². The Balaban J connectivity index is 2.15. The average molecular weight is 310 g/mol. The Morgan fingerprint density at radius 1 is 1.44 bits per heavy atom. The first-order chi connectivity index (χ1) is 8.49. The van der Waals surface area contributed by atoms with E-state index in [0.717, 1.165) is 35.1 Å². The Bertz CT molecular complexity index is 456. The van der Waals surface area contributed by atoms with Crippen LogP contribution in [0.5, 0.6) is 0 Å². The zero-order valence-electron chi connectivity index (χ0n) is 11.2. The Hall–Kier alpha value is -0.830. The molecule has 1 amide bonds. The largest absolute Gasteiger partial charge is 0.338 e. The highest BCUT2D eigenvalue weighted by atomic mass is 79.9. The summed E-state index contributed by atoms with van der Waals surface area (Å²) in [5.74, 6) is 1.49. The van der Waals surface area contributed by atoms with Gasteiger partial charge in [-0.05, 0) is 42.9 Å². The zero-order valence-corrected chi connectivity index (χ0v) is 12.8. The molecule has 98 valence electrons. The highest BCUT2D eigenvalue weighted by molar-refractivity contribution is 9.10. The van der Waals surface area contributed by atoms with E-state index in [-0.39, 0.29) is 5.91 Å². The van der Waals surface area contributed by atoms with Crippen molar-refractivity contribution < 1.29 is 4.79 Å². The third-order valence-corrected chi connectivity index (χ3v) is 4.38. The number of rotatable bonds is 2. The second-order valence-electron chi connectivity index (χ2n) is 5.50. The van der Waals surface area contributed by atoms with E-state index in [9.17, 15) is 4.79 Å². The standard InChI is InChI=1S/C15H20BrNO/c1-10(2)12-6-7-17(9-12)15(18)14-8-13(16)5-4-11(14)3/h4-5,8,10,12H,6-7,9H2,1-3H3. The fourth-order valence-electron chi connectivity index (χ4n) is 2.51. The first-order valence-electron chi connectivity index (χ1n) is 6.54. The second kappa shape index (κ2) is 5.43. The molecule has 0 radical (unpaired) electrons. The summed E-state index contributed by atoms with van der Waals surface area (Å²) in [5.41, 5.74) is 1.88. The van der Waals surface area contributed by atoms with Crippen LogP contribution >= 0.6 is 15.9 Å². The van der Waals surface area contributed by atoms with E-state index in [4.69, 9.17) is 0 Å². The van der Waals surface area contributed by atoms with Gasteiger partial charge in [-0.25, -0.2) is 0 Å². The molecule has 1 unspecified atom stereocenters. The van der Waals surface area contributed by atoms with Gasteiger partial charge in [0, 0.05) is 23.1 Å². The fraction of sp³-hybridized carbons (Fsp3) is 0.533. The first-order valence-corrected chi connectivity index (χ1v) is 7.33. The lowest BCUT2D eigenvalue weighted by atomic mass is 9.95. The molecule has 0 spiro atoms. The van der Waals surface area contributed by atoms with Gasteiger partial charge in [0.25, 0.3) is 5.91 Å². The Labute approximate surface area is 117 Å². The molecule has 1 aliphatic rings. The summed E-state index contributed by atoms with van der Waals surface area (Å²) in [7, 11) is 0. The third-order valence-electron chi connectivity index (χ3n) is 3.88. The Morgan fingerprint density at radius 3 is 2.78 bits per heavy atom. The number of carbonyl (C=O) groups excluding carboxylic acids is 1. The molecule has 0 bridgehead atoms. The van der Waals surface area contributed by atoms with Crippen LogP contribution in [0.4, 0.5) is 0 Å². The summed E-state index contributed by atoms with van der Waals surface area (Å²) in [5, 5.41) is 0. The van der Waals surface area contributed by atoms with E-state index in [1.165, 1.54) is 0 Å². The monoisotopic (exact) mass is 309 g/mol. The number of halogens is 1. The lowest BCUT2D eigenvalue weighted by Crippen LogP contribution is -2.29. The number of amides is 1. The SMILES string of the molecule is Cc1ccc(Br)cc1C(=O)N1CCC(C(C)C)C1. The van der Waals surface area contributed by atoms with Gasteiger partial charge in [-0.2, -0.15) is 0 Å². The molecular weight excluding hydrogens is 290 g/mol. The van der Waals surface area contributed by atoms with Crippen molar-refractivity contribution in [1.82, 2.24) is 4.90 Å². The predicted octanol–water partition coefficient (Wildman–Crippen LogP) is 3.88. The van der Waals surface area contributed by atoms with Crippen molar-refractivity contribution >= 4 is 21.8 Å². The quantitative estimate of drug-likeness (QED) is 0.812. The molecule has 1 aliphatic heterocycles. The number of likely N-dealkylation sites (tertiary alicyclic amines) is 1. The van der Waals surface area contributed by atoms with Crippen LogP contribution in [0.25, 0.3) is 0 Å². The molecule has 1 heterocycles. The molecule has 18 heavy (non-hydrogen) atoms. The van der Waals surface area contributed by atoms with E-state index < -0.39 is 0 Å². The van der Waals surface area contributed by atoms with E-state index in [1.807, 2.05) is 30.0 Å². The molecular formula is C15H20BrNO. The van der Waals surface area contributed by atoms with Gasteiger partial charge < -0.3 is 4.90 Å². The molecule has 2 rings (SSSR count). The van der Waals surface area contributed by atoms with Crippen LogP contribution in [-0.4, -0.2) is 23.9 Å².